The highest BCUT2D eigenvalue weighted by atomic mass is 35.5. The maximum absolute atomic E-state index is 13.1. The number of rotatable bonds is 7. The maximum atomic E-state index is 13.1. The largest absolute Gasteiger partial charge is 0.493 e. The molecule has 3 aromatic rings. The molecule has 6 nitrogen and oxygen atoms in total. The lowest BCUT2D eigenvalue weighted by atomic mass is 10.2. The summed E-state index contributed by atoms with van der Waals surface area (Å²) in [5.74, 6) is 0.717. The molecule has 0 fully saturated rings. The van der Waals surface area contributed by atoms with Crippen LogP contribution in [0.2, 0.25) is 5.02 Å². The minimum Gasteiger partial charge on any atom is -0.493 e. The van der Waals surface area contributed by atoms with Crippen LogP contribution >= 0.6 is 11.6 Å². The smallest absolute Gasteiger partial charge is 0.420 e. The Morgan fingerprint density at radius 1 is 1.28 bits per heavy atom. The molecule has 2 heterocycles. The van der Waals surface area contributed by atoms with Crippen LogP contribution in [0.5, 0.6) is 5.75 Å². The summed E-state index contributed by atoms with van der Waals surface area (Å²) in [6.45, 7) is 2.35. The van der Waals surface area contributed by atoms with Crippen molar-refractivity contribution >= 4 is 23.2 Å². The fourth-order valence-electron chi connectivity index (χ4n) is 2.75. The second kappa shape index (κ2) is 8.69. The third-order valence-corrected chi connectivity index (χ3v) is 4.31. The molecule has 10 heteroatoms. The first-order valence-corrected chi connectivity index (χ1v) is 9.18. The topological polar surface area (TPSA) is 68.5 Å². The highest BCUT2D eigenvalue weighted by Gasteiger charge is 2.35. The van der Waals surface area contributed by atoms with Crippen LogP contribution in [0.15, 0.2) is 36.5 Å². The maximum Gasteiger partial charge on any atom is 0.420 e. The van der Waals surface area contributed by atoms with Crippen LogP contribution in [0, 0.1) is 6.92 Å². The first-order chi connectivity index (χ1) is 13.7. The lowest BCUT2D eigenvalue weighted by Gasteiger charge is -2.09. The molecule has 0 radical (unpaired) electrons. The molecule has 0 aliphatic rings. The fraction of sp³-hybridized carbons (Fsp3) is 0.316. The highest BCUT2D eigenvalue weighted by Crippen LogP contribution is 2.33. The molecule has 1 amide bonds. The molecule has 154 valence electrons. The van der Waals surface area contributed by atoms with Crippen molar-refractivity contribution in [1.29, 1.82) is 0 Å². The highest BCUT2D eigenvalue weighted by molar-refractivity contribution is 6.30. The number of amides is 1. The number of nitrogens with zero attached hydrogens (tertiary/aromatic N) is 3. The summed E-state index contributed by atoms with van der Waals surface area (Å²) in [5, 5.41) is 10.0. The van der Waals surface area contributed by atoms with Gasteiger partial charge in [-0.3, -0.25) is 9.20 Å². The number of aryl methyl sites for hydroxylation is 1. The van der Waals surface area contributed by atoms with E-state index in [0.717, 1.165) is 11.6 Å². The van der Waals surface area contributed by atoms with Crippen molar-refractivity contribution < 1.29 is 22.7 Å². The zero-order valence-electron chi connectivity index (χ0n) is 15.5. The predicted octanol–water partition coefficient (Wildman–Crippen LogP) is 3.84. The zero-order valence-corrected chi connectivity index (χ0v) is 16.2. The molecule has 3 rings (SSSR count). The Morgan fingerprint density at radius 3 is 2.79 bits per heavy atom. The minimum absolute atomic E-state index is 0.0804. The zero-order chi connectivity index (χ0) is 21.0. The van der Waals surface area contributed by atoms with E-state index in [2.05, 4.69) is 15.5 Å². The first kappa shape index (κ1) is 20.9. The van der Waals surface area contributed by atoms with E-state index in [-0.39, 0.29) is 48.4 Å². The fourth-order valence-corrected chi connectivity index (χ4v) is 2.96. The molecule has 0 saturated heterocycles. The number of carbonyl (C=O) groups excluding carboxylic acids is 1. The minimum atomic E-state index is -4.60. The lowest BCUT2D eigenvalue weighted by molar-refractivity contribution is -0.136. The first-order valence-electron chi connectivity index (χ1n) is 8.80. The quantitative estimate of drug-likeness (QED) is 0.623. The summed E-state index contributed by atoms with van der Waals surface area (Å²) < 4.78 is 46.1. The Hall–Kier alpha value is -2.81. The predicted molar refractivity (Wildman–Crippen MR) is 101 cm³/mol. The molecule has 29 heavy (non-hydrogen) atoms. The average molecular weight is 427 g/mol. The summed E-state index contributed by atoms with van der Waals surface area (Å²) in [7, 11) is 0. The van der Waals surface area contributed by atoms with Crippen molar-refractivity contribution in [1.82, 2.24) is 19.9 Å². The van der Waals surface area contributed by atoms with Crippen molar-refractivity contribution in [3.8, 4) is 5.75 Å². The van der Waals surface area contributed by atoms with E-state index in [1.54, 1.807) is 0 Å². The molecule has 0 saturated carbocycles. The number of fused-ring (bicyclic) bond motifs is 1. The van der Waals surface area contributed by atoms with Gasteiger partial charge < -0.3 is 10.1 Å². The van der Waals surface area contributed by atoms with Crippen LogP contribution in [0.4, 0.5) is 13.2 Å². The van der Waals surface area contributed by atoms with E-state index in [1.807, 2.05) is 31.2 Å². The van der Waals surface area contributed by atoms with Crippen molar-refractivity contribution in [2.45, 2.75) is 25.9 Å². The van der Waals surface area contributed by atoms with Crippen LogP contribution in [-0.4, -0.2) is 33.7 Å². The van der Waals surface area contributed by atoms with Crippen LogP contribution in [-0.2, 0) is 17.4 Å². The van der Waals surface area contributed by atoms with E-state index in [1.165, 1.54) is 10.6 Å². The Labute approximate surface area is 169 Å². The number of halogens is 4. The number of alkyl halides is 3. The average Bonchev–Trinajstić information content (AvgIpc) is 3.03. The van der Waals surface area contributed by atoms with Gasteiger partial charge in [0.05, 0.1) is 18.1 Å². The van der Waals surface area contributed by atoms with Crippen molar-refractivity contribution in [2.75, 3.05) is 13.2 Å². The number of hydrogen-bond acceptors (Lipinski definition) is 4. The summed E-state index contributed by atoms with van der Waals surface area (Å²) >= 11 is 5.80. The number of benzene rings is 1. The van der Waals surface area contributed by atoms with Gasteiger partial charge in [0, 0.05) is 19.2 Å². The van der Waals surface area contributed by atoms with E-state index in [4.69, 9.17) is 16.3 Å². The molecule has 1 aromatic carbocycles. The van der Waals surface area contributed by atoms with Gasteiger partial charge in [0.25, 0.3) is 0 Å². The molecule has 0 aliphatic carbocycles. The number of nitrogens with one attached hydrogen (secondary N) is 1. The summed E-state index contributed by atoms with van der Waals surface area (Å²) in [4.78, 5) is 11.9. The van der Waals surface area contributed by atoms with Gasteiger partial charge in [-0.1, -0.05) is 23.7 Å². The number of carbonyl (C=O) groups is 1. The number of ether oxygens (including phenoxy) is 1. The van der Waals surface area contributed by atoms with Gasteiger partial charge in [0.2, 0.25) is 5.91 Å². The molecule has 0 aliphatic heterocycles. The van der Waals surface area contributed by atoms with Crippen LogP contribution in [0.3, 0.4) is 0 Å². The summed E-state index contributed by atoms with van der Waals surface area (Å²) in [5.41, 5.74) is -0.225. The van der Waals surface area contributed by atoms with Crippen molar-refractivity contribution in [3.05, 3.63) is 58.5 Å². The standard InChI is InChI=1S/C19H18ClF3N4O2/c1-12-3-2-4-14(9-12)29-8-6-17(28)24-7-5-16-25-26-18-15(19(21,22)23)10-13(20)11-27(16)18/h2-4,9-11H,5-8H2,1H3,(H,24,28). The molecular formula is C19H18ClF3N4O2. The molecular weight excluding hydrogens is 409 g/mol. The van der Waals surface area contributed by atoms with E-state index < -0.39 is 11.7 Å². The number of aromatic nitrogens is 3. The molecule has 1 N–H and O–H groups in total. The second-order valence-corrected chi connectivity index (χ2v) is 6.83. The normalized spacial score (nSPS) is 11.6. The van der Waals surface area contributed by atoms with E-state index in [9.17, 15) is 18.0 Å². The van der Waals surface area contributed by atoms with Crippen LogP contribution in [0.1, 0.15) is 23.4 Å². The van der Waals surface area contributed by atoms with Gasteiger partial charge >= 0.3 is 6.18 Å². The SMILES string of the molecule is Cc1cccc(OCCC(=O)NCCc2nnc3c(C(F)(F)F)cc(Cl)cn23)c1. The third kappa shape index (κ3) is 5.38. The summed E-state index contributed by atoms with van der Waals surface area (Å²) in [6.07, 6.45) is -2.93. The molecule has 0 bridgehead atoms. The lowest BCUT2D eigenvalue weighted by Crippen LogP contribution is -2.27. The van der Waals surface area contributed by atoms with Gasteiger partial charge in [-0.05, 0) is 30.7 Å². The monoisotopic (exact) mass is 426 g/mol. The molecule has 0 spiro atoms. The van der Waals surface area contributed by atoms with E-state index >= 15 is 0 Å². The van der Waals surface area contributed by atoms with Gasteiger partial charge in [0.15, 0.2) is 5.65 Å². The van der Waals surface area contributed by atoms with Gasteiger partial charge in [0.1, 0.15) is 17.1 Å². The molecule has 2 aromatic heterocycles. The Bertz CT molecular complexity index is 1020. The third-order valence-electron chi connectivity index (χ3n) is 4.11. The van der Waals surface area contributed by atoms with Gasteiger partial charge in [-0.25, -0.2) is 0 Å². The molecule has 0 atom stereocenters. The number of pyridine rings is 1. The van der Waals surface area contributed by atoms with E-state index in [0.29, 0.717) is 5.75 Å². The van der Waals surface area contributed by atoms with Gasteiger partial charge in [-0.15, -0.1) is 10.2 Å². The van der Waals surface area contributed by atoms with Crippen LogP contribution < -0.4 is 10.1 Å². The Morgan fingerprint density at radius 2 is 2.07 bits per heavy atom. The molecule has 0 unspecified atom stereocenters. The van der Waals surface area contributed by atoms with Crippen molar-refractivity contribution in [3.63, 3.8) is 0 Å². The second-order valence-electron chi connectivity index (χ2n) is 6.39. The van der Waals surface area contributed by atoms with Crippen molar-refractivity contribution in [2.24, 2.45) is 0 Å². The van der Waals surface area contributed by atoms with Crippen LogP contribution in [0.25, 0.3) is 5.65 Å². The number of hydrogen-bond donors (Lipinski definition) is 1. The Kier molecular flexibility index (Phi) is 6.26. The summed E-state index contributed by atoms with van der Waals surface area (Å²) in [6, 6.07) is 8.30. The van der Waals surface area contributed by atoms with Gasteiger partial charge in [-0.2, -0.15) is 13.2 Å². The Balaban J connectivity index is 1.53.